The highest BCUT2D eigenvalue weighted by Crippen LogP contribution is 2.37. The van der Waals surface area contributed by atoms with Crippen LogP contribution in [0.25, 0.3) is 0 Å². The first-order valence-electron chi connectivity index (χ1n) is 14.5. The standard InChI is InChI=1S/C32H36N4O8/c1-19-13-36(20(2)16-37)31(38)23-5-4-6-24(34-32(39)33-22-8-10-26-28(12-22)43-18-41-26)30(23)44-29(19)15-35(3)14-21-7-9-25-27(11-21)42-17-40-25/h4-12,19-20,29,37H,13-18H2,1-3H3,(H2,33,34,39)/t19-,20-,29+/m1/s1. The highest BCUT2D eigenvalue weighted by atomic mass is 16.7. The zero-order chi connectivity index (χ0) is 30.8. The molecule has 3 aliphatic heterocycles. The van der Waals surface area contributed by atoms with Crippen molar-refractivity contribution >= 4 is 23.3 Å². The molecule has 3 atom stereocenters. The number of para-hydroxylation sites is 1. The first-order valence-corrected chi connectivity index (χ1v) is 14.5. The maximum Gasteiger partial charge on any atom is 0.323 e. The molecule has 0 aliphatic carbocycles. The Balaban J connectivity index is 1.24. The molecule has 3 aliphatic rings. The summed E-state index contributed by atoms with van der Waals surface area (Å²) in [6.07, 6.45) is -0.353. The van der Waals surface area contributed by atoms with Crippen molar-refractivity contribution in [1.82, 2.24) is 9.80 Å². The molecule has 0 spiro atoms. The molecule has 12 nitrogen and oxygen atoms in total. The van der Waals surface area contributed by atoms with Gasteiger partial charge < -0.3 is 44.3 Å². The molecule has 0 fully saturated rings. The highest BCUT2D eigenvalue weighted by Gasteiger charge is 2.34. The molecule has 3 amide bonds. The van der Waals surface area contributed by atoms with E-state index < -0.39 is 12.1 Å². The van der Waals surface area contributed by atoms with E-state index in [2.05, 4.69) is 15.5 Å². The molecule has 0 radical (unpaired) electrons. The van der Waals surface area contributed by atoms with Gasteiger partial charge in [0.2, 0.25) is 13.6 Å². The Kier molecular flexibility index (Phi) is 8.36. The monoisotopic (exact) mass is 604 g/mol. The third kappa shape index (κ3) is 6.17. The highest BCUT2D eigenvalue weighted by molar-refractivity contribution is 6.04. The molecule has 6 rings (SSSR count). The van der Waals surface area contributed by atoms with E-state index in [0.29, 0.717) is 48.1 Å². The van der Waals surface area contributed by atoms with Gasteiger partial charge in [0.1, 0.15) is 6.10 Å². The molecule has 0 aromatic heterocycles. The lowest BCUT2D eigenvalue weighted by Gasteiger charge is -2.38. The van der Waals surface area contributed by atoms with E-state index in [1.54, 1.807) is 41.3 Å². The van der Waals surface area contributed by atoms with E-state index in [1.165, 1.54) is 0 Å². The number of likely N-dealkylation sites (N-methyl/N-ethyl adjacent to an activating group) is 1. The number of hydrogen-bond donors (Lipinski definition) is 3. The Labute approximate surface area is 255 Å². The number of aliphatic hydroxyl groups is 1. The van der Waals surface area contributed by atoms with Crippen LogP contribution in [-0.4, -0.2) is 79.3 Å². The molecule has 0 bridgehead atoms. The van der Waals surface area contributed by atoms with Gasteiger partial charge in [0.15, 0.2) is 28.7 Å². The minimum Gasteiger partial charge on any atom is -0.486 e. The Morgan fingerprint density at radius 1 is 1.00 bits per heavy atom. The van der Waals surface area contributed by atoms with E-state index >= 15 is 0 Å². The molecule has 3 N–H and O–H groups in total. The van der Waals surface area contributed by atoms with E-state index in [-0.39, 0.29) is 43.9 Å². The number of ether oxygens (including phenoxy) is 5. The molecule has 232 valence electrons. The predicted octanol–water partition coefficient (Wildman–Crippen LogP) is 4.14. The summed E-state index contributed by atoms with van der Waals surface area (Å²) >= 11 is 0. The van der Waals surface area contributed by atoms with Crippen LogP contribution in [0.4, 0.5) is 16.2 Å². The SMILES string of the molecule is C[C@@H]1CN([C@H](C)CO)C(=O)c2cccc(NC(=O)Nc3ccc4c(c3)OCO4)c2O[C@H]1CN(C)Cc1ccc2c(c1)OCO2. The third-order valence-corrected chi connectivity index (χ3v) is 7.95. The first kappa shape index (κ1) is 29.4. The minimum absolute atomic E-state index is 0.101. The number of carbonyl (C=O) groups is 2. The second-order valence-corrected chi connectivity index (χ2v) is 11.3. The van der Waals surface area contributed by atoms with Gasteiger partial charge in [-0.2, -0.15) is 0 Å². The van der Waals surface area contributed by atoms with Crippen molar-refractivity contribution in [3.8, 4) is 28.7 Å². The molecule has 0 saturated heterocycles. The van der Waals surface area contributed by atoms with Gasteiger partial charge >= 0.3 is 6.03 Å². The van der Waals surface area contributed by atoms with Crippen LogP contribution in [-0.2, 0) is 6.54 Å². The summed E-state index contributed by atoms with van der Waals surface area (Å²) in [5.41, 5.74) is 2.23. The number of carbonyl (C=O) groups excluding carboxylic acids is 2. The predicted molar refractivity (Wildman–Crippen MR) is 162 cm³/mol. The summed E-state index contributed by atoms with van der Waals surface area (Å²) in [5, 5.41) is 15.6. The summed E-state index contributed by atoms with van der Waals surface area (Å²) in [7, 11) is 2.00. The number of fused-ring (bicyclic) bond motifs is 3. The fourth-order valence-electron chi connectivity index (χ4n) is 5.54. The Morgan fingerprint density at radius 3 is 2.45 bits per heavy atom. The molecular weight excluding hydrogens is 568 g/mol. The summed E-state index contributed by atoms with van der Waals surface area (Å²) in [6, 6.07) is 15.2. The van der Waals surface area contributed by atoms with Crippen molar-refractivity contribution in [2.24, 2.45) is 5.92 Å². The van der Waals surface area contributed by atoms with Crippen LogP contribution in [0.1, 0.15) is 29.8 Å². The van der Waals surface area contributed by atoms with Gasteiger partial charge in [-0.05, 0) is 55.9 Å². The maximum absolute atomic E-state index is 13.8. The van der Waals surface area contributed by atoms with Gasteiger partial charge in [-0.25, -0.2) is 4.79 Å². The van der Waals surface area contributed by atoms with E-state index in [9.17, 15) is 14.7 Å². The van der Waals surface area contributed by atoms with Gasteiger partial charge in [0.05, 0.1) is 23.9 Å². The minimum atomic E-state index is -0.513. The smallest absolute Gasteiger partial charge is 0.323 e. The van der Waals surface area contributed by atoms with Gasteiger partial charge in [-0.3, -0.25) is 9.69 Å². The number of benzene rings is 3. The van der Waals surface area contributed by atoms with E-state index in [1.807, 2.05) is 39.1 Å². The van der Waals surface area contributed by atoms with Crippen LogP contribution in [0.5, 0.6) is 28.7 Å². The van der Waals surface area contributed by atoms with Crippen LogP contribution >= 0.6 is 0 Å². The van der Waals surface area contributed by atoms with Crippen molar-refractivity contribution < 1.29 is 38.4 Å². The fourth-order valence-corrected chi connectivity index (χ4v) is 5.54. The summed E-state index contributed by atoms with van der Waals surface area (Å²) < 4.78 is 28.4. The molecule has 3 aromatic rings. The second kappa shape index (κ2) is 12.5. The summed E-state index contributed by atoms with van der Waals surface area (Å²) in [5.74, 6) is 2.51. The number of rotatable bonds is 8. The largest absolute Gasteiger partial charge is 0.486 e. The van der Waals surface area contributed by atoms with Crippen molar-refractivity contribution in [1.29, 1.82) is 0 Å². The second-order valence-electron chi connectivity index (χ2n) is 11.3. The number of nitrogens with one attached hydrogen (secondary N) is 2. The van der Waals surface area contributed by atoms with Crippen LogP contribution in [0.15, 0.2) is 54.6 Å². The van der Waals surface area contributed by atoms with E-state index in [0.717, 1.165) is 17.1 Å². The third-order valence-electron chi connectivity index (χ3n) is 7.95. The lowest BCUT2D eigenvalue weighted by molar-refractivity contribution is 0.0343. The van der Waals surface area contributed by atoms with Crippen molar-refractivity contribution in [2.75, 3.05) is 51.0 Å². The molecular formula is C32H36N4O8. The van der Waals surface area contributed by atoms with Crippen LogP contribution in [0.2, 0.25) is 0 Å². The van der Waals surface area contributed by atoms with Gasteiger partial charge in [0, 0.05) is 37.3 Å². The topological polar surface area (TPSA) is 131 Å². The zero-order valence-corrected chi connectivity index (χ0v) is 24.9. The molecule has 0 unspecified atom stereocenters. The zero-order valence-electron chi connectivity index (χ0n) is 24.9. The Hall–Kier alpha value is -4.68. The lowest BCUT2D eigenvalue weighted by atomic mass is 9.99. The number of urea groups is 1. The molecule has 44 heavy (non-hydrogen) atoms. The quantitative estimate of drug-likeness (QED) is 0.347. The summed E-state index contributed by atoms with van der Waals surface area (Å²) in [6.45, 7) is 5.55. The van der Waals surface area contributed by atoms with Gasteiger partial charge in [0.25, 0.3) is 5.91 Å². The van der Waals surface area contributed by atoms with Crippen LogP contribution in [0, 0.1) is 5.92 Å². The average molecular weight is 605 g/mol. The first-order chi connectivity index (χ1) is 21.3. The van der Waals surface area contributed by atoms with E-state index in [4.69, 9.17) is 23.7 Å². The number of aliphatic hydroxyl groups excluding tert-OH is 1. The normalized spacial score (nSPS) is 19.1. The number of nitrogens with zero attached hydrogens (tertiary/aromatic N) is 2. The molecule has 3 aromatic carbocycles. The molecule has 12 heteroatoms. The lowest BCUT2D eigenvalue weighted by Crippen LogP contribution is -2.49. The summed E-state index contributed by atoms with van der Waals surface area (Å²) in [4.78, 5) is 30.7. The molecule has 0 saturated carbocycles. The molecule has 3 heterocycles. The average Bonchev–Trinajstić information content (AvgIpc) is 3.68. The van der Waals surface area contributed by atoms with Gasteiger partial charge in [-0.15, -0.1) is 0 Å². The van der Waals surface area contributed by atoms with Crippen LogP contribution < -0.4 is 34.3 Å². The number of hydrogen-bond acceptors (Lipinski definition) is 9. The van der Waals surface area contributed by atoms with Crippen LogP contribution in [0.3, 0.4) is 0 Å². The number of anilines is 2. The fraction of sp³-hybridized carbons (Fsp3) is 0.375. The Morgan fingerprint density at radius 2 is 1.70 bits per heavy atom. The Bertz CT molecular complexity index is 1550. The maximum atomic E-state index is 13.8. The van der Waals surface area contributed by atoms with Crippen molar-refractivity contribution in [2.45, 2.75) is 32.5 Å². The van der Waals surface area contributed by atoms with Gasteiger partial charge in [-0.1, -0.05) is 19.1 Å². The number of amides is 3. The van der Waals surface area contributed by atoms with Crippen molar-refractivity contribution in [3.05, 3.63) is 65.7 Å². The van der Waals surface area contributed by atoms with Crippen molar-refractivity contribution in [3.63, 3.8) is 0 Å².